The molecule has 0 aliphatic carbocycles. The molecule has 11 heteroatoms. The van der Waals surface area contributed by atoms with Crippen molar-refractivity contribution in [1.82, 2.24) is 26.5 Å². The Hall–Kier alpha value is -3.60. The van der Waals surface area contributed by atoms with Gasteiger partial charge in [0.05, 0.1) is 6.04 Å². The van der Waals surface area contributed by atoms with E-state index < -0.39 is 41.5 Å². The van der Waals surface area contributed by atoms with Gasteiger partial charge in [0.1, 0.15) is 11.6 Å². The molecule has 1 aliphatic heterocycles. The molecule has 3 atom stereocenters. The summed E-state index contributed by atoms with van der Waals surface area (Å²) in [4.78, 5) is 52.2. The molecule has 0 bridgehead atoms. The summed E-state index contributed by atoms with van der Waals surface area (Å²) in [6.45, 7) is 7.00. The highest BCUT2D eigenvalue weighted by molar-refractivity contribution is 5.91. The minimum atomic E-state index is -1.12. The van der Waals surface area contributed by atoms with Crippen LogP contribution in [0.1, 0.15) is 57.8 Å². The molecule has 0 saturated carbocycles. The number of aromatic nitrogens is 1. The predicted molar refractivity (Wildman–Crippen MR) is 125 cm³/mol. The number of hydrogen-bond donors (Lipinski definition) is 6. The zero-order valence-electron chi connectivity index (χ0n) is 19.8. The summed E-state index contributed by atoms with van der Waals surface area (Å²) in [7, 11) is 0. The van der Waals surface area contributed by atoms with Gasteiger partial charge in [-0.05, 0) is 52.2 Å². The van der Waals surface area contributed by atoms with Gasteiger partial charge in [0.15, 0.2) is 0 Å². The van der Waals surface area contributed by atoms with Crippen LogP contribution in [0, 0.1) is 0 Å². The maximum Gasteiger partial charge on any atom is 0.408 e. The SMILES string of the molecule is C[C@@H]1N[C@H](C(=O)NNC(=O)[C@H](CCC(N)=O)NC(=O)OC(C)(C)C)Cc2c1[nH]c1ccccc21. The molecule has 2 heterocycles. The molecule has 3 rings (SSSR count). The van der Waals surface area contributed by atoms with Crippen molar-refractivity contribution in [1.29, 1.82) is 0 Å². The number of para-hydroxylation sites is 1. The third-order valence-electron chi connectivity index (χ3n) is 5.45. The molecule has 34 heavy (non-hydrogen) atoms. The first-order chi connectivity index (χ1) is 15.9. The fourth-order valence-corrected chi connectivity index (χ4v) is 3.93. The lowest BCUT2D eigenvalue weighted by Crippen LogP contribution is -2.57. The lowest BCUT2D eigenvalue weighted by molar-refractivity contribution is -0.131. The zero-order chi connectivity index (χ0) is 25.0. The predicted octanol–water partition coefficient (Wildman–Crippen LogP) is 1.05. The molecule has 0 spiro atoms. The van der Waals surface area contributed by atoms with Crippen LogP contribution in [-0.2, 0) is 25.5 Å². The van der Waals surface area contributed by atoms with E-state index in [1.807, 2.05) is 31.2 Å². The van der Waals surface area contributed by atoms with Gasteiger partial charge < -0.3 is 20.8 Å². The second-order valence-corrected chi connectivity index (χ2v) is 9.39. The smallest absolute Gasteiger partial charge is 0.408 e. The van der Waals surface area contributed by atoms with Crippen LogP contribution in [0.5, 0.6) is 0 Å². The highest BCUT2D eigenvalue weighted by atomic mass is 16.6. The summed E-state index contributed by atoms with van der Waals surface area (Å²) >= 11 is 0. The normalized spacial score (nSPS) is 18.5. The molecule has 184 valence electrons. The van der Waals surface area contributed by atoms with Crippen LogP contribution < -0.4 is 27.2 Å². The van der Waals surface area contributed by atoms with Crippen molar-refractivity contribution in [3.05, 3.63) is 35.5 Å². The van der Waals surface area contributed by atoms with Gasteiger partial charge in [-0.3, -0.25) is 30.6 Å². The molecule has 0 saturated heterocycles. The van der Waals surface area contributed by atoms with E-state index in [-0.39, 0.29) is 18.9 Å². The molecule has 0 fully saturated rings. The monoisotopic (exact) mass is 472 g/mol. The Kier molecular flexibility index (Phi) is 7.45. The van der Waals surface area contributed by atoms with E-state index in [0.717, 1.165) is 22.2 Å². The van der Waals surface area contributed by atoms with Crippen LogP contribution in [0.25, 0.3) is 10.9 Å². The molecule has 7 N–H and O–H groups in total. The molecular formula is C23H32N6O5. The Morgan fingerprint density at radius 3 is 2.56 bits per heavy atom. The number of aromatic amines is 1. The van der Waals surface area contributed by atoms with Crippen molar-refractivity contribution in [3.63, 3.8) is 0 Å². The van der Waals surface area contributed by atoms with E-state index >= 15 is 0 Å². The van der Waals surface area contributed by atoms with Crippen molar-refractivity contribution in [2.75, 3.05) is 0 Å². The van der Waals surface area contributed by atoms with Crippen LogP contribution >= 0.6 is 0 Å². The van der Waals surface area contributed by atoms with Crippen molar-refractivity contribution >= 4 is 34.7 Å². The average Bonchev–Trinajstić information content (AvgIpc) is 3.12. The number of benzene rings is 1. The summed E-state index contributed by atoms with van der Waals surface area (Å²) in [5, 5.41) is 6.71. The van der Waals surface area contributed by atoms with Gasteiger partial charge in [-0.25, -0.2) is 4.79 Å². The second kappa shape index (κ2) is 10.1. The Morgan fingerprint density at radius 2 is 1.88 bits per heavy atom. The summed E-state index contributed by atoms with van der Waals surface area (Å²) in [5.74, 6) is -1.75. The fourth-order valence-electron chi connectivity index (χ4n) is 3.93. The van der Waals surface area contributed by atoms with Gasteiger partial charge in [0, 0.05) is 29.1 Å². The highest BCUT2D eigenvalue weighted by Gasteiger charge is 2.32. The number of hydrogen-bond acceptors (Lipinski definition) is 6. The van der Waals surface area contributed by atoms with Crippen LogP contribution in [0.4, 0.5) is 4.79 Å². The van der Waals surface area contributed by atoms with Gasteiger partial charge in [0.2, 0.25) is 5.91 Å². The van der Waals surface area contributed by atoms with Gasteiger partial charge in [-0.1, -0.05) is 18.2 Å². The number of carbonyl (C=O) groups is 4. The first-order valence-corrected chi connectivity index (χ1v) is 11.2. The Labute approximate surface area is 197 Å². The average molecular weight is 473 g/mol. The third kappa shape index (κ3) is 6.25. The number of H-pyrrole nitrogens is 1. The van der Waals surface area contributed by atoms with Gasteiger partial charge >= 0.3 is 6.09 Å². The largest absolute Gasteiger partial charge is 0.444 e. The van der Waals surface area contributed by atoms with Crippen molar-refractivity contribution in [2.24, 2.45) is 5.73 Å². The molecule has 11 nitrogen and oxygen atoms in total. The lowest BCUT2D eigenvalue weighted by Gasteiger charge is -2.29. The summed E-state index contributed by atoms with van der Waals surface area (Å²) < 4.78 is 5.17. The molecule has 1 aromatic heterocycles. The van der Waals surface area contributed by atoms with Crippen LogP contribution in [0.15, 0.2) is 24.3 Å². The van der Waals surface area contributed by atoms with E-state index in [0.29, 0.717) is 6.42 Å². The van der Waals surface area contributed by atoms with Gasteiger partial charge in [-0.15, -0.1) is 0 Å². The van der Waals surface area contributed by atoms with Gasteiger partial charge in [-0.2, -0.15) is 0 Å². The summed E-state index contributed by atoms with van der Waals surface area (Å²) in [6, 6.07) is 6.08. The molecule has 4 amide bonds. The first kappa shape index (κ1) is 25.0. The molecule has 0 unspecified atom stereocenters. The first-order valence-electron chi connectivity index (χ1n) is 11.2. The number of ether oxygens (including phenoxy) is 1. The summed E-state index contributed by atoms with van der Waals surface area (Å²) in [6.07, 6.45) is -0.564. The molecular weight excluding hydrogens is 440 g/mol. The number of hydrazine groups is 1. The number of fused-ring (bicyclic) bond motifs is 3. The molecule has 2 aromatic rings. The van der Waals surface area contributed by atoms with Crippen LogP contribution in [0.2, 0.25) is 0 Å². The maximum atomic E-state index is 12.8. The maximum absolute atomic E-state index is 12.8. The second-order valence-electron chi connectivity index (χ2n) is 9.39. The Balaban J connectivity index is 1.62. The minimum Gasteiger partial charge on any atom is -0.444 e. The molecule has 1 aromatic carbocycles. The highest BCUT2D eigenvalue weighted by Crippen LogP contribution is 2.31. The van der Waals surface area contributed by atoms with E-state index in [2.05, 4.69) is 26.5 Å². The van der Waals surface area contributed by atoms with E-state index in [9.17, 15) is 19.2 Å². The fraction of sp³-hybridized carbons (Fsp3) is 0.478. The Bertz CT molecular complexity index is 1090. The van der Waals surface area contributed by atoms with Crippen molar-refractivity contribution in [3.8, 4) is 0 Å². The van der Waals surface area contributed by atoms with Crippen molar-refractivity contribution in [2.45, 2.75) is 70.7 Å². The zero-order valence-corrected chi connectivity index (χ0v) is 19.8. The van der Waals surface area contributed by atoms with E-state index in [4.69, 9.17) is 10.5 Å². The van der Waals surface area contributed by atoms with Crippen LogP contribution in [-0.4, -0.2) is 46.5 Å². The number of amides is 4. The lowest BCUT2D eigenvalue weighted by atomic mass is 9.94. The van der Waals surface area contributed by atoms with E-state index in [1.165, 1.54) is 0 Å². The number of alkyl carbamates (subject to hydrolysis) is 1. The minimum absolute atomic E-state index is 0.0479. The van der Waals surface area contributed by atoms with Gasteiger partial charge in [0.25, 0.3) is 11.8 Å². The quantitative estimate of drug-likeness (QED) is 0.344. The molecule has 0 radical (unpaired) electrons. The third-order valence-corrected chi connectivity index (χ3v) is 5.45. The number of carbonyl (C=O) groups excluding carboxylic acids is 4. The number of nitrogens with one attached hydrogen (secondary N) is 5. The van der Waals surface area contributed by atoms with E-state index in [1.54, 1.807) is 20.8 Å². The summed E-state index contributed by atoms with van der Waals surface area (Å²) in [5.41, 5.74) is 12.2. The number of rotatable bonds is 6. The van der Waals surface area contributed by atoms with Crippen LogP contribution in [0.3, 0.4) is 0 Å². The standard InChI is InChI=1S/C23H32N6O5/c1-12-19-14(13-7-5-6-8-15(13)26-19)11-17(25-12)21(32)29-28-20(31)16(9-10-18(24)30)27-22(33)34-23(2,3)4/h5-8,12,16-17,25-26H,9-11H2,1-4H3,(H2,24,30)(H,27,33)(H,28,31)(H,29,32)/t12-,16-,17-/m0/s1. The topological polar surface area (TPSA) is 167 Å². The molecule has 1 aliphatic rings. The van der Waals surface area contributed by atoms with Crippen molar-refractivity contribution < 1.29 is 23.9 Å². The number of nitrogens with two attached hydrogens (primary N) is 1. The Morgan fingerprint density at radius 1 is 1.18 bits per heavy atom. The number of primary amides is 1.